The molecule has 0 fully saturated rings. The van der Waals surface area contributed by atoms with Crippen molar-refractivity contribution in [2.45, 2.75) is 38.6 Å². The lowest BCUT2D eigenvalue weighted by molar-refractivity contribution is -0.121. The van der Waals surface area contributed by atoms with E-state index >= 15 is 0 Å². The Morgan fingerprint density at radius 3 is 3.00 bits per heavy atom. The van der Waals surface area contributed by atoms with Gasteiger partial charge in [0, 0.05) is 25.2 Å². The van der Waals surface area contributed by atoms with Gasteiger partial charge >= 0.3 is 0 Å². The lowest BCUT2D eigenvalue weighted by Crippen LogP contribution is -2.35. The number of hydrogen-bond acceptors (Lipinski definition) is 5. The second-order valence-electron chi connectivity index (χ2n) is 6.46. The highest BCUT2D eigenvalue weighted by atomic mass is 16.2. The first-order chi connectivity index (χ1) is 12.7. The van der Waals surface area contributed by atoms with Gasteiger partial charge in [0.05, 0.1) is 5.69 Å². The Hall–Kier alpha value is -3.03. The summed E-state index contributed by atoms with van der Waals surface area (Å²) < 4.78 is 3.15. The number of carbonyl (C=O) groups excluding carboxylic acids is 1. The summed E-state index contributed by atoms with van der Waals surface area (Å²) in [5.74, 6) is 0.550. The molecule has 1 aliphatic carbocycles. The number of pyridine rings is 1. The SMILES string of the molecule is O=C(Cn1nc2c(cc1=O)CCCC2)NCCc1nnc2ccccn12. The van der Waals surface area contributed by atoms with Crippen molar-refractivity contribution in [2.75, 3.05) is 6.54 Å². The van der Waals surface area contributed by atoms with Crippen molar-refractivity contribution < 1.29 is 4.79 Å². The number of hydrogen-bond donors (Lipinski definition) is 1. The molecule has 0 radical (unpaired) electrons. The van der Waals surface area contributed by atoms with Crippen molar-refractivity contribution in [1.82, 2.24) is 29.7 Å². The fraction of sp³-hybridized carbons (Fsp3) is 0.389. The molecule has 0 bridgehead atoms. The third-order valence-corrected chi connectivity index (χ3v) is 4.62. The van der Waals surface area contributed by atoms with E-state index in [2.05, 4.69) is 20.6 Å². The van der Waals surface area contributed by atoms with Crippen LogP contribution in [-0.4, -0.2) is 36.8 Å². The molecule has 26 heavy (non-hydrogen) atoms. The van der Waals surface area contributed by atoms with Crippen LogP contribution in [0.1, 0.15) is 29.9 Å². The van der Waals surface area contributed by atoms with Gasteiger partial charge in [0.2, 0.25) is 5.91 Å². The van der Waals surface area contributed by atoms with Gasteiger partial charge in [-0.15, -0.1) is 10.2 Å². The Morgan fingerprint density at radius 2 is 2.08 bits per heavy atom. The molecular formula is C18H20N6O2. The fourth-order valence-corrected chi connectivity index (χ4v) is 3.28. The molecule has 4 rings (SSSR count). The van der Waals surface area contributed by atoms with Crippen molar-refractivity contribution in [3.63, 3.8) is 0 Å². The third-order valence-electron chi connectivity index (χ3n) is 4.62. The Morgan fingerprint density at radius 1 is 1.19 bits per heavy atom. The van der Waals surface area contributed by atoms with E-state index in [1.807, 2.05) is 28.8 Å². The van der Waals surface area contributed by atoms with Crippen molar-refractivity contribution in [1.29, 1.82) is 0 Å². The molecule has 0 unspecified atom stereocenters. The number of rotatable bonds is 5. The highest BCUT2D eigenvalue weighted by Gasteiger charge is 2.14. The molecule has 1 N–H and O–H groups in total. The zero-order chi connectivity index (χ0) is 17.9. The van der Waals surface area contributed by atoms with E-state index in [0.29, 0.717) is 13.0 Å². The Bertz CT molecular complexity index is 1010. The van der Waals surface area contributed by atoms with Gasteiger partial charge in [-0.2, -0.15) is 5.10 Å². The summed E-state index contributed by atoms with van der Waals surface area (Å²) in [5, 5.41) is 15.4. The van der Waals surface area contributed by atoms with Gasteiger partial charge in [-0.25, -0.2) is 4.68 Å². The van der Waals surface area contributed by atoms with Crippen LogP contribution in [0.4, 0.5) is 0 Å². The molecule has 0 spiro atoms. The lowest BCUT2D eigenvalue weighted by atomic mass is 9.97. The Labute approximate surface area is 149 Å². The highest BCUT2D eigenvalue weighted by molar-refractivity contribution is 5.75. The number of aromatic nitrogens is 5. The molecule has 1 amide bonds. The van der Waals surface area contributed by atoms with Crippen molar-refractivity contribution in [3.05, 3.63) is 57.9 Å². The topological polar surface area (TPSA) is 94.2 Å². The summed E-state index contributed by atoms with van der Waals surface area (Å²) in [7, 11) is 0. The second-order valence-corrected chi connectivity index (χ2v) is 6.46. The van der Waals surface area contributed by atoms with Crippen LogP contribution < -0.4 is 10.9 Å². The zero-order valence-electron chi connectivity index (χ0n) is 14.4. The lowest BCUT2D eigenvalue weighted by Gasteiger charge is -2.15. The minimum absolute atomic E-state index is 0.0628. The molecule has 0 saturated heterocycles. The van der Waals surface area contributed by atoms with E-state index in [-0.39, 0.29) is 18.0 Å². The molecule has 134 valence electrons. The van der Waals surface area contributed by atoms with E-state index < -0.39 is 0 Å². The molecule has 0 atom stereocenters. The summed E-state index contributed by atoms with van der Waals surface area (Å²) >= 11 is 0. The van der Waals surface area contributed by atoms with Crippen LogP contribution >= 0.6 is 0 Å². The van der Waals surface area contributed by atoms with Gasteiger partial charge in [0.15, 0.2) is 5.65 Å². The minimum atomic E-state index is -0.232. The van der Waals surface area contributed by atoms with Crippen LogP contribution in [0, 0.1) is 0 Å². The zero-order valence-corrected chi connectivity index (χ0v) is 14.4. The molecule has 3 heterocycles. The predicted octanol–water partition coefficient (Wildman–Crippen LogP) is 0.524. The first kappa shape index (κ1) is 16.4. The standard InChI is InChI=1S/C18H20N6O2/c25-17(12-24-18(26)11-13-5-1-2-6-14(13)22-24)19-9-8-16-21-20-15-7-3-4-10-23(15)16/h3-4,7,10-11H,1-2,5-6,8-9,12H2,(H,19,25). The average molecular weight is 352 g/mol. The summed E-state index contributed by atoms with van der Waals surface area (Å²) in [6, 6.07) is 7.31. The number of amides is 1. The maximum atomic E-state index is 12.2. The first-order valence-corrected chi connectivity index (χ1v) is 8.86. The van der Waals surface area contributed by atoms with Crippen LogP contribution in [0.5, 0.6) is 0 Å². The Kier molecular flexibility index (Phi) is 4.47. The molecule has 1 aliphatic rings. The van der Waals surface area contributed by atoms with Crippen molar-refractivity contribution in [2.24, 2.45) is 0 Å². The number of nitrogens with one attached hydrogen (secondary N) is 1. The summed E-state index contributed by atoms with van der Waals surface area (Å²) in [5.41, 5.74) is 2.53. The monoisotopic (exact) mass is 352 g/mol. The van der Waals surface area contributed by atoms with Crippen LogP contribution in [0.15, 0.2) is 35.3 Å². The van der Waals surface area contributed by atoms with E-state index in [9.17, 15) is 9.59 Å². The Balaban J connectivity index is 1.36. The van der Waals surface area contributed by atoms with Crippen LogP contribution in [0.3, 0.4) is 0 Å². The van der Waals surface area contributed by atoms with Crippen LogP contribution in [0.25, 0.3) is 5.65 Å². The van der Waals surface area contributed by atoms with Gasteiger partial charge in [-0.3, -0.25) is 14.0 Å². The smallest absolute Gasteiger partial charge is 0.267 e. The summed E-state index contributed by atoms with van der Waals surface area (Å²) in [6.45, 7) is 0.362. The number of nitrogens with zero attached hydrogens (tertiary/aromatic N) is 5. The van der Waals surface area contributed by atoms with Crippen molar-refractivity contribution >= 4 is 11.6 Å². The first-order valence-electron chi connectivity index (χ1n) is 8.86. The largest absolute Gasteiger partial charge is 0.354 e. The van der Waals surface area contributed by atoms with Gasteiger partial charge in [-0.05, 0) is 43.4 Å². The summed E-state index contributed by atoms with van der Waals surface area (Å²) in [6.07, 6.45) is 6.40. The maximum absolute atomic E-state index is 12.2. The maximum Gasteiger partial charge on any atom is 0.267 e. The molecule has 8 nitrogen and oxygen atoms in total. The van der Waals surface area contributed by atoms with Crippen LogP contribution in [-0.2, 0) is 30.6 Å². The van der Waals surface area contributed by atoms with Crippen LogP contribution in [0.2, 0.25) is 0 Å². The average Bonchev–Trinajstić information content (AvgIpc) is 3.06. The van der Waals surface area contributed by atoms with Gasteiger partial charge in [0.1, 0.15) is 12.4 Å². The second kappa shape index (κ2) is 7.07. The molecule has 3 aromatic rings. The molecule has 0 aromatic carbocycles. The fourth-order valence-electron chi connectivity index (χ4n) is 3.28. The normalized spacial score (nSPS) is 13.5. The van der Waals surface area contributed by atoms with Gasteiger partial charge in [-0.1, -0.05) is 6.07 Å². The molecule has 3 aromatic heterocycles. The number of fused-ring (bicyclic) bond motifs is 2. The molecule has 0 saturated carbocycles. The number of carbonyl (C=O) groups is 1. The minimum Gasteiger partial charge on any atom is -0.354 e. The quantitative estimate of drug-likeness (QED) is 0.723. The highest BCUT2D eigenvalue weighted by Crippen LogP contribution is 2.16. The summed E-state index contributed by atoms with van der Waals surface area (Å²) in [4.78, 5) is 24.3. The predicted molar refractivity (Wildman–Crippen MR) is 94.8 cm³/mol. The van der Waals surface area contributed by atoms with Gasteiger partial charge < -0.3 is 5.32 Å². The number of aryl methyl sites for hydroxylation is 2. The van der Waals surface area contributed by atoms with E-state index in [1.54, 1.807) is 6.07 Å². The van der Waals surface area contributed by atoms with E-state index in [4.69, 9.17) is 0 Å². The van der Waals surface area contributed by atoms with Gasteiger partial charge in [0.25, 0.3) is 5.56 Å². The molecule has 0 aliphatic heterocycles. The molecular weight excluding hydrogens is 332 g/mol. The van der Waals surface area contributed by atoms with E-state index in [0.717, 1.165) is 48.4 Å². The van der Waals surface area contributed by atoms with E-state index in [1.165, 1.54) is 4.68 Å². The molecule has 8 heteroatoms. The third kappa shape index (κ3) is 3.35. The van der Waals surface area contributed by atoms with Crippen molar-refractivity contribution in [3.8, 4) is 0 Å².